The summed E-state index contributed by atoms with van der Waals surface area (Å²) in [7, 11) is 0. The zero-order valence-electron chi connectivity index (χ0n) is 17.6. The Morgan fingerprint density at radius 3 is 2.44 bits per heavy atom. The van der Waals surface area contributed by atoms with E-state index < -0.39 is 0 Å². The van der Waals surface area contributed by atoms with E-state index in [9.17, 15) is 10.1 Å². The van der Waals surface area contributed by atoms with Gasteiger partial charge in [0.15, 0.2) is 0 Å². The number of rotatable bonds is 6. The normalized spacial score (nSPS) is 10.5. The molecule has 4 aromatic rings. The molecule has 0 saturated heterocycles. The van der Waals surface area contributed by atoms with Gasteiger partial charge in [0, 0.05) is 17.0 Å². The predicted octanol–water partition coefficient (Wildman–Crippen LogP) is 5.77. The number of nitrogens with zero attached hydrogens (tertiary/aromatic N) is 3. The van der Waals surface area contributed by atoms with E-state index in [1.807, 2.05) is 55.5 Å². The van der Waals surface area contributed by atoms with Crippen LogP contribution < -0.4 is 5.32 Å². The highest BCUT2D eigenvalue weighted by atomic mass is 32.2. The molecular formula is C25H20N4O2S. The number of benzene rings is 2. The summed E-state index contributed by atoms with van der Waals surface area (Å²) in [4.78, 5) is 21.8. The summed E-state index contributed by atoms with van der Waals surface area (Å²) in [5, 5.41) is 13.0. The molecule has 1 N–H and O–H groups in total. The molecular weight excluding hydrogens is 420 g/mol. The van der Waals surface area contributed by atoms with Gasteiger partial charge in [-0.2, -0.15) is 5.26 Å². The van der Waals surface area contributed by atoms with E-state index in [1.54, 1.807) is 25.1 Å². The van der Waals surface area contributed by atoms with Crippen molar-refractivity contribution in [3.63, 3.8) is 0 Å². The number of aromatic nitrogens is 2. The van der Waals surface area contributed by atoms with Gasteiger partial charge >= 0.3 is 0 Å². The van der Waals surface area contributed by atoms with E-state index in [4.69, 9.17) is 4.42 Å². The third-order valence-electron chi connectivity index (χ3n) is 4.83. The quantitative estimate of drug-likeness (QED) is 0.383. The predicted molar refractivity (Wildman–Crippen MR) is 124 cm³/mol. The maximum atomic E-state index is 12.7. The van der Waals surface area contributed by atoms with E-state index in [-0.39, 0.29) is 5.91 Å². The summed E-state index contributed by atoms with van der Waals surface area (Å²) in [5.74, 6) is 1.49. The van der Waals surface area contributed by atoms with E-state index in [0.29, 0.717) is 39.2 Å². The van der Waals surface area contributed by atoms with Crippen LogP contribution in [0.25, 0.3) is 11.5 Å². The van der Waals surface area contributed by atoms with Crippen LogP contribution in [0.3, 0.4) is 0 Å². The number of anilines is 1. The molecule has 0 fully saturated rings. The minimum Gasteiger partial charge on any atom is -0.441 e. The van der Waals surface area contributed by atoms with Gasteiger partial charge < -0.3 is 9.73 Å². The van der Waals surface area contributed by atoms with Crippen LogP contribution in [0.1, 0.15) is 33.1 Å². The van der Waals surface area contributed by atoms with Gasteiger partial charge in [0.2, 0.25) is 5.89 Å². The molecule has 32 heavy (non-hydrogen) atoms. The first kappa shape index (κ1) is 21.3. The highest BCUT2D eigenvalue weighted by Gasteiger charge is 2.17. The van der Waals surface area contributed by atoms with Crippen LogP contribution in [0.5, 0.6) is 0 Å². The maximum absolute atomic E-state index is 12.7. The number of carbonyl (C=O) groups excluding carboxylic acids is 1. The Morgan fingerprint density at radius 2 is 1.75 bits per heavy atom. The van der Waals surface area contributed by atoms with Crippen LogP contribution in [0.4, 0.5) is 5.69 Å². The molecule has 0 unspecified atom stereocenters. The number of hydrogen-bond acceptors (Lipinski definition) is 6. The summed E-state index contributed by atoms with van der Waals surface area (Å²) >= 11 is 1.40. The fourth-order valence-electron chi connectivity index (χ4n) is 3.13. The first-order chi connectivity index (χ1) is 15.5. The summed E-state index contributed by atoms with van der Waals surface area (Å²) < 4.78 is 5.81. The summed E-state index contributed by atoms with van der Waals surface area (Å²) in [5.41, 5.74) is 3.67. The second kappa shape index (κ2) is 9.50. The van der Waals surface area contributed by atoms with Gasteiger partial charge in [0.25, 0.3) is 5.91 Å². The Labute approximate surface area is 190 Å². The van der Waals surface area contributed by atoms with Gasteiger partial charge in [-0.05, 0) is 44.2 Å². The molecule has 7 heteroatoms. The molecule has 0 atom stereocenters. The lowest BCUT2D eigenvalue weighted by atomic mass is 10.1. The average molecular weight is 441 g/mol. The SMILES string of the molecule is Cc1nc(SCc2nc(-c3ccccc3)oc2C)c(C#N)cc1C(=O)Nc1ccccc1. The lowest BCUT2D eigenvalue weighted by molar-refractivity contribution is 0.102. The van der Waals surface area contributed by atoms with Crippen molar-refractivity contribution in [2.24, 2.45) is 0 Å². The molecule has 158 valence electrons. The number of amides is 1. The van der Waals surface area contributed by atoms with Crippen LogP contribution in [0.15, 0.2) is 76.2 Å². The molecule has 0 aliphatic heterocycles. The average Bonchev–Trinajstić information content (AvgIpc) is 3.19. The summed E-state index contributed by atoms with van der Waals surface area (Å²) in [6.45, 7) is 3.64. The minimum absolute atomic E-state index is 0.297. The van der Waals surface area contributed by atoms with E-state index >= 15 is 0 Å². The monoisotopic (exact) mass is 440 g/mol. The largest absolute Gasteiger partial charge is 0.441 e. The summed E-state index contributed by atoms with van der Waals surface area (Å²) in [6.07, 6.45) is 0. The number of carbonyl (C=O) groups is 1. The Bertz CT molecular complexity index is 1300. The number of oxazole rings is 1. The Kier molecular flexibility index (Phi) is 6.34. The standard InChI is InChI=1S/C25H20N4O2S/c1-16-21(23(30)28-20-11-7-4-8-12-20)13-19(14-26)25(27-16)32-15-22-17(2)31-24(29-22)18-9-5-3-6-10-18/h3-13H,15H2,1-2H3,(H,28,30). The van der Waals surface area contributed by atoms with Crippen LogP contribution in [-0.2, 0) is 5.75 Å². The van der Waals surface area contributed by atoms with Gasteiger partial charge in [0.1, 0.15) is 16.9 Å². The van der Waals surface area contributed by atoms with Crippen LogP contribution in [0.2, 0.25) is 0 Å². The third kappa shape index (κ3) is 4.71. The zero-order chi connectivity index (χ0) is 22.5. The molecule has 4 rings (SSSR count). The van der Waals surface area contributed by atoms with Crippen LogP contribution >= 0.6 is 11.8 Å². The van der Waals surface area contributed by atoms with Gasteiger partial charge in [-0.1, -0.05) is 48.2 Å². The van der Waals surface area contributed by atoms with E-state index in [1.165, 1.54) is 11.8 Å². The number of nitrogens with one attached hydrogen (secondary N) is 1. The zero-order valence-corrected chi connectivity index (χ0v) is 18.4. The Balaban J connectivity index is 1.52. The third-order valence-corrected chi connectivity index (χ3v) is 5.84. The number of thioether (sulfide) groups is 1. The first-order valence-electron chi connectivity index (χ1n) is 9.98. The number of pyridine rings is 1. The van der Waals surface area contributed by atoms with Crippen molar-refractivity contribution in [1.82, 2.24) is 9.97 Å². The number of hydrogen-bond donors (Lipinski definition) is 1. The first-order valence-corrected chi connectivity index (χ1v) is 11.0. The lowest BCUT2D eigenvalue weighted by Crippen LogP contribution is -2.15. The second-order valence-electron chi connectivity index (χ2n) is 7.08. The highest BCUT2D eigenvalue weighted by Crippen LogP contribution is 2.29. The Morgan fingerprint density at radius 1 is 1.06 bits per heavy atom. The van der Waals surface area contributed by atoms with Crippen LogP contribution in [0, 0.1) is 25.2 Å². The highest BCUT2D eigenvalue weighted by molar-refractivity contribution is 7.98. The maximum Gasteiger partial charge on any atom is 0.257 e. The van der Waals surface area contributed by atoms with Gasteiger partial charge in [-0.25, -0.2) is 9.97 Å². The summed E-state index contributed by atoms with van der Waals surface area (Å²) in [6, 6.07) is 22.6. The van der Waals surface area contributed by atoms with Crippen molar-refractivity contribution in [3.8, 4) is 17.5 Å². The number of nitriles is 1. The fourth-order valence-corrected chi connectivity index (χ4v) is 4.13. The molecule has 0 aliphatic carbocycles. The number of para-hydroxylation sites is 1. The lowest BCUT2D eigenvalue weighted by Gasteiger charge is -2.10. The van der Waals surface area contributed by atoms with Crippen LogP contribution in [-0.4, -0.2) is 15.9 Å². The van der Waals surface area contributed by atoms with Crippen molar-refractivity contribution in [2.45, 2.75) is 24.6 Å². The van der Waals surface area contributed by atoms with Gasteiger partial charge in [0.05, 0.1) is 22.5 Å². The van der Waals surface area contributed by atoms with E-state index in [2.05, 4.69) is 21.4 Å². The molecule has 0 aliphatic rings. The Hall–Kier alpha value is -3.89. The van der Waals surface area contributed by atoms with Crippen molar-refractivity contribution in [3.05, 3.63) is 95.0 Å². The minimum atomic E-state index is -0.297. The molecule has 2 heterocycles. The molecule has 0 bridgehead atoms. The van der Waals surface area contributed by atoms with Gasteiger partial charge in [-0.15, -0.1) is 0 Å². The molecule has 6 nitrogen and oxygen atoms in total. The molecule has 2 aromatic carbocycles. The van der Waals surface area contributed by atoms with Crippen molar-refractivity contribution >= 4 is 23.4 Å². The van der Waals surface area contributed by atoms with Gasteiger partial charge in [-0.3, -0.25) is 4.79 Å². The topological polar surface area (TPSA) is 91.8 Å². The molecule has 1 amide bonds. The smallest absolute Gasteiger partial charge is 0.257 e. The van der Waals surface area contributed by atoms with E-state index in [0.717, 1.165) is 17.0 Å². The fraction of sp³-hybridized carbons (Fsp3) is 0.120. The molecule has 0 radical (unpaired) electrons. The molecule has 0 saturated carbocycles. The second-order valence-corrected chi connectivity index (χ2v) is 8.05. The van der Waals surface area contributed by atoms with Crippen molar-refractivity contribution < 1.29 is 9.21 Å². The van der Waals surface area contributed by atoms with Crippen molar-refractivity contribution in [1.29, 1.82) is 5.26 Å². The van der Waals surface area contributed by atoms with Crippen molar-refractivity contribution in [2.75, 3.05) is 5.32 Å². The number of aryl methyl sites for hydroxylation is 2. The molecule has 2 aromatic heterocycles. The molecule has 0 spiro atoms.